The van der Waals surface area contributed by atoms with E-state index >= 15 is 0 Å². The molecule has 3 N–H and O–H groups in total. The summed E-state index contributed by atoms with van der Waals surface area (Å²) < 4.78 is 0. The van der Waals surface area contributed by atoms with E-state index in [2.05, 4.69) is 12.2 Å². The number of nitrogens with two attached hydrogens (primary N) is 1. The van der Waals surface area contributed by atoms with Gasteiger partial charge in [-0.15, -0.1) is 0 Å². The Morgan fingerprint density at radius 3 is 1.64 bits per heavy atom. The number of rotatable bonds is 17. The van der Waals surface area contributed by atoms with Crippen LogP contribution in [0.5, 0.6) is 0 Å². The molecule has 0 spiro atoms. The van der Waals surface area contributed by atoms with Gasteiger partial charge < -0.3 is 11.1 Å². The molecule has 1 amide bonds. The van der Waals surface area contributed by atoms with E-state index in [1.54, 1.807) is 0 Å². The smallest absolute Gasteiger partial charge is 0.219 e. The minimum Gasteiger partial charge on any atom is -0.356 e. The molecule has 3 heteroatoms. The molecule has 0 saturated carbocycles. The van der Waals surface area contributed by atoms with Gasteiger partial charge in [0.1, 0.15) is 0 Å². The number of hydrogen-bond acceptors (Lipinski definition) is 2. The van der Waals surface area contributed by atoms with Gasteiger partial charge >= 0.3 is 0 Å². The largest absolute Gasteiger partial charge is 0.356 e. The topological polar surface area (TPSA) is 55.1 Å². The molecular formula is C19H40N2O. The van der Waals surface area contributed by atoms with Gasteiger partial charge in [0.15, 0.2) is 0 Å². The fourth-order valence-electron chi connectivity index (χ4n) is 2.72. The highest BCUT2D eigenvalue weighted by Crippen LogP contribution is 2.12. The number of carbonyl (C=O) groups is 1. The van der Waals surface area contributed by atoms with Crippen LogP contribution < -0.4 is 11.1 Å². The van der Waals surface area contributed by atoms with Crippen LogP contribution in [0.2, 0.25) is 0 Å². The molecule has 0 aromatic rings. The molecule has 0 rings (SSSR count). The van der Waals surface area contributed by atoms with Gasteiger partial charge in [-0.3, -0.25) is 4.79 Å². The summed E-state index contributed by atoms with van der Waals surface area (Å²) in [5, 5.41) is 2.91. The first-order valence-electron chi connectivity index (χ1n) is 9.78. The number of hydrogen-bond donors (Lipinski definition) is 2. The Morgan fingerprint density at radius 2 is 1.18 bits per heavy atom. The van der Waals surface area contributed by atoms with E-state index in [1.807, 2.05) is 0 Å². The maximum atomic E-state index is 11.5. The molecule has 0 fully saturated rings. The van der Waals surface area contributed by atoms with Crippen LogP contribution in [0.1, 0.15) is 103 Å². The molecule has 0 aliphatic rings. The van der Waals surface area contributed by atoms with E-state index in [0.717, 1.165) is 19.4 Å². The number of carbonyl (C=O) groups excluding carboxylic acids is 1. The zero-order chi connectivity index (χ0) is 16.3. The van der Waals surface area contributed by atoms with Crippen molar-refractivity contribution >= 4 is 5.91 Å². The van der Waals surface area contributed by atoms with Crippen molar-refractivity contribution in [3.05, 3.63) is 0 Å². The van der Waals surface area contributed by atoms with Gasteiger partial charge in [0.25, 0.3) is 0 Å². The average Bonchev–Trinajstić information content (AvgIpc) is 2.52. The van der Waals surface area contributed by atoms with Gasteiger partial charge in [0.05, 0.1) is 0 Å². The highest BCUT2D eigenvalue weighted by Gasteiger charge is 1.99. The Morgan fingerprint density at radius 1 is 0.727 bits per heavy atom. The second-order valence-corrected chi connectivity index (χ2v) is 6.48. The van der Waals surface area contributed by atoms with Crippen molar-refractivity contribution in [2.24, 2.45) is 5.73 Å². The van der Waals surface area contributed by atoms with Gasteiger partial charge in [-0.25, -0.2) is 0 Å². The van der Waals surface area contributed by atoms with Crippen LogP contribution in [0.15, 0.2) is 0 Å². The first-order valence-corrected chi connectivity index (χ1v) is 9.78. The molecule has 0 radical (unpaired) electrons. The number of unbranched alkanes of at least 4 members (excludes halogenated alkanes) is 12. The summed E-state index contributed by atoms with van der Waals surface area (Å²) in [6.45, 7) is 3.65. The van der Waals surface area contributed by atoms with Gasteiger partial charge in [-0.2, -0.15) is 0 Å². The second-order valence-electron chi connectivity index (χ2n) is 6.48. The third kappa shape index (κ3) is 17.5. The maximum Gasteiger partial charge on any atom is 0.219 e. The summed E-state index contributed by atoms with van der Waals surface area (Å²) in [5.41, 5.74) is 5.39. The van der Waals surface area contributed by atoms with Crippen LogP contribution in [-0.4, -0.2) is 19.0 Å². The zero-order valence-electron chi connectivity index (χ0n) is 15.0. The van der Waals surface area contributed by atoms with Crippen molar-refractivity contribution < 1.29 is 4.79 Å². The van der Waals surface area contributed by atoms with Crippen molar-refractivity contribution in [3.8, 4) is 0 Å². The molecule has 0 bridgehead atoms. The first-order chi connectivity index (χ1) is 10.8. The van der Waals surface area contributed by atoms with Crippen molar-refractivity contribution in [2.45, 2.75) is 103 Å². The van der Waals surface area contributed by atoms with E-state index in [-0.39, 0.29) is 5.91 Å². The molecule has 3 nitrogen and oxygen atoms in total. The third-order valence-corrected chi connectivity index (χ3v) is 4.21. The normalized spacial score (nSPS) is 10.8. The lowest BCUT2D eigenvalue weighted by atomic mass is 10.0. The third-order valence-electron chi connectivity index (χ3n) is 4.21. The van der Waals surface area contributed by atoms with Gasteiger partial charge in [0.2, 0.25) is 5.91 Å². The Bertz CT molecular complexity index is 231. The predicted octanol–water partition coefficient (Wildman–Crippen LogP) is 4.93. The highest BCUT2D eigenvalue weighted by atomic mass is 16.1. The summed E-state index contributed by atoms with van der Waals surface area (Å²) in [7, 11) is 0. The second kappa shape index (κ2) is 18.5. The van der Waals surface area contributed by atoms with E-state index in [9.17, 15) is 4.79 Å². The Kier molecular flexibility index (Phi) is 18.0. The van der Waals surface area contributed by atoms with E-state index < -0.39 is 0 Å². The van der Waals surface area contributed by atoms with Crippen LogP contribution in [0.25, 0.3) is 0 Å². The van der Waals surface area contributed by atoms with Crippen molar-refractivity contribution in [3.63, 3.8) is 0 Å². The SMILES string of the molecule is CCCCCCCCCCCCCCCC(=O)NCCCN. The summed E-state index contributed by atoms with van der Waals surface area (Å²) >= 11 is 0. The molecule has 0 saturated heterocycles. The fourth-order valence-corrected chi connectivity index (χ4v) is 2.72. The molecule has 0 aromatic carbocycles. The quantitative estimate of drug-likeness (QED) is 0.374. The standard InChI is InChI=1S/C19H40N2O/c1-2-3-4-5-6-7-8-9-10-11-12-13-14-16-19(22)21-18-15-17-20/h2-18,20H2,1H3,(H,21,22). The zero-order valence-corrected chi connectivity index (χ0v) is 15.0. The molecular weight excluding hydrogens is 272 g/mol. The molecule has 0 atom stereocenters. The van der Waals surface area contributed by atoms with Crippen LogP contribution in [0.3, 0.4) is 0 Å². The number of nitrogens with one attached hydrogen (secondary N) is 1. The Balaban J connectivity index is 3.06. The van der Waals surface area contributed by atoms with Crippen LogP contribution in [-0.2, 0) is 4.79 Å². The fraction of sp³-hybridized carbons (Fsp3) is 0.947. The van der Waals surface area contributed by atoms with E-state index in [4.69, 9.17) is 5.73 Å². The van der Waals surface area contributed by atoms with Crippen LogP contribution in [0.4, 0.5) is 0 Å². The van der Waals surface area contributed by atoms with Gasteiger partial charge in [-0.05, 0) is 19.4 Å². The minimum atomic E-state index is 0.191. The molecule has 0 aromatic heterocycles. The van der Waals surface area contributed by atoms with E-state index in [1.165, 1.54) is 77.0 Å². The minimum absolute atomic E-state index is 0.191. The first kappa shape index (κ1) is 21.4. The molecule has 0 aliphatic carbocycles. The van der Waals surface area contributed by atoms with Gasteiger partial charge in [0, 0.05) is 13.0 Å². The van der Waals surface area contributed by atoms with Crippen LogP contribution in [0, 0.1) is 0 Å². The Hall–Kier alpha value is -0.570. The molecule has 132 valence electrons. The lowest BCUT2D eigenvalue weighted by molar-refractivity contribution is -0.121. The van der Waals surface area contributed by atoms with Crippen LogP contribution >= 0.6 is 0 Å². The van der Waals surface area contributed by atoms with Crippen molar-refractivity contribution in [1.82, 2.24) is 5.32 Å². The monoisotopic (exact) mass is 312 g/mol. The molecule has 0 heterocycles. The van der Waals surface area contributed by atoms with Crippen molar-refractivity contribution in [2.75, 3.05) is 13.1 Å². The summed E-state index contributed by atoms with van der Waals surface area (Å²) in [6, 6.07) is 0. The molecule has 0 aliphatic heterocycles. The molecule has 0 unspecified atom stereocenters. The summed E-state index contributed by atoms with van der Waals surface area (Å²) in [6.07, 6.45) is 19.1. The summed E-state index contributed by atoms with van der Waals surface area (Å²) in [4.78, 5) is 11.5. The number of amides is 1. The van der Waals surface area contributed by atoms with E-state index in [0.29, 0.717) is 13.0 Å². The lowest BCUT2D eigenvalue weighted by Gasteiger charge is -2.04. The molecule has 22 heavy (non-hydrogen) atoms. The Labute approximate surface area is 138 Å². The van der Waals surface area contributed by atoms with Crippen molar-refractivity contribution in [1.29, 1.82) is 0 Å². The maximum absolute atomic E-state index is 11.5. The summed E-state index contributed by atoms with van der Waals surface area (Å²) in [5.74, 6) is 0.191. The average molecular weight is 313 g/mol. The lowest BCUT2D eigenvalue weighted by Crippen LogP contribution is -2.25. The van der Waals surface area contributed by atoms with Gasteiger partial charge in [-0.1, -0.05) is 84.0 Å². The highest BCUT2D eigenvalue weighted by molar-refractivity contribution is 5.75. The predicted molar refractivity (Wildman–Crippen MR) is 97.0 cm³/mol.